The van der Waals surface area contributed by atoms with E-state index in [0.717, 1.165) is 63.0 Å². The molecule has 45 heavy (non-hydrogen) atoms. The van der Waals surface area contributed by atoms with E-state index >= 15 is 0 Å². The molecule has 1 unspecified atom stereocenters. The fourth-order valence-corrected chi connectivity index (χ4v) is 5.45. The number of aromatic nitrogens is 4. The number of imidazole rings is 1. The lowest BCUT2D eigenvalue weighted by molar-refractivity contribution is -0.138. The first-order valence-electron chi connectivity index (χ1n) is 15.3. The molecule has 6 rings (SSSR count). The Hall–Kier alpha value is -4.20. The van der Waals surface area contributed by atoms with Crippen molar-refractivity contribution in [2.75, 3.05) is 48.7 Å². The predicted octanol–water partition coefficient (Wildman–Crippen LogP) is 5.55. The highest BCUT2D eigenvalue weighted by Crippen LogP contribution is 2.36. The van der Waals surface area contributed by atoms with Crippen LogP contribution in [0.5, 0.6) is 0 Å². The number of nitrogens with zero attached hydrogens (tertiary/aromatic N) is 6. The van der Waals surface area contributed by atoms with Crippen molar-refractivity contribution in [3.63, 3.8) is 0 Å². The van der Waals surface area contributed by atoms with Gasteiger partial charge in [-0.2, -0.15) is 13.2 Å². The zero-order valence-corrected chi connectivity index (χ0v) is 25.3. The summed E-state index contributed by atoms with van der Waals surface area (Å²) in [5, 5.41) is 20.6. The van der Waals surface area contributed by atoms with Crippen LogP contribution in [0.3, 0.4) is 0 Å². The molecule has 1 saturated heterocycles. The second-order valence-corrected chi connectivity index (χ2v) is 11.6. The van der Waals surface area contributed by atoms with Crippen LogP contribution >= 0.6 is 0 Å². The van der Waals surface area contributed by atoms with Crippen LogP contribution in [-0.4, -0.2) is 73.2 Å². The van der Waals surface area contributed by atoms with Gasteiger partial charge in [-0.05, 0) is 55.6 Å². The number of rotatable bonds is 11. The van der Waals surface area contributed by atoms with Gasteiger partial charge in [0.05, 0.1) is 5.56 Å². The molecule has 238 valence electrons. The topological polar surface area (TPSA) is 106 Å². The number of aliphatic hydroxyl groups is 1. The summed E-state index contributed by atoms with van der Waals surface area (Å²) in [7, 11) is 0. The van der Waals surface area contributed by atoms with Gasteiger partial charge in [-0.15, -0.1) is 0 Å². The fourth-order valence-electron chi connectivity index (χ4n) is 5.45. The number of benzene rings is 2. The largest absolute Gasteiger partial charge is 0.416 e. The molecular formula is C32H38F3N9O. The molecule has 2 aliphatic rings. The lowest BCUT2D eigenvalue weighted by atomic mass is 10.0. The number of alkyl halides is 3. The smallest absolute Gasteiger partial charge is 0.369 e. The molecule has 3 heterocycles. The van der Waals surface area contributed by atoms with E-state index < -0.39 is 18.0 Å². The summed E-state index contributed by atoms with van der Waals surface area (Å²) in [4.78, 5) is 17.5. The molecule has 0 spiro atoms. The van der Waals surface area contributed by atoms with Crippen molar-refractivity contribution < 1.29 is 18.3 Å². The van der Waals surface area contributed by atoms with E-state index in [4.69, 9.17) is 0 Å². The van der Waals surface area contributed by atoms with Gasteiger partial charge in [0.15, 0.2) is 6.23 Å². The van der Waals surface area contributed by atoms with Crippen LogP contribution in [-0.2, 0) is 12.7 Å². The summed E-state index contributed by atoms with van der Waals surface area (Å²) < 4.78 is 44.2. The molecule has 1 aliphatic heterocycles. The molecule has 13 heteroatoms. The number of anilines is 4. The average Bonchev–Trinajstić information content (AvgIpc) is 3.72. The molecule has 1 saturated carbocycles. The summed E-state index contributed by atoms with van der Waals surface area (Å²) >= 11 is 0. The number of aliphatic hydroxyl groups excluding tert-OH is 1. The standard InChI is InChI=1S/C32H38F3N9O/c1-3-42-12-14-43(15-13-42)19-23-6-7-25(17-26(23)32(33,34)35)40-30(45)22-5-4-21(2)27(16-22)41-31-36-10-11-44(31)29-18-28(37-20-38-29)39-24-8-9-24/h4-7,10-11,16-18,20,24,30,40,45H,3,8-9,12-15,19H2,1-2H3,(H,36,41)(H,37,38,39). The van der Waals surface area contributed by atoms with Gasteiger partial charge in [-0.3, -0.25) is 9.47 Å². The first-order valence-corrected chi connectivity index (χ1v) is 15.3. The Balaban J connectivity index is 1.16. The van der Waals surface area contributed by atoms with Crippen molar-refractivity contribution in [2.45, 2.75) is 51.7 Å². The number of likely N-dealkylation sites (N-methyl/N-ethyl adjacent to an activating group) is 1. The van der Waals surface area contributed by atoms with E-state index in [0.29, 0.717) is 29.1 Å². The van der Waals surface area contributed by atoms with Gasteiger partial charge in [-0.25, -0.2) is 15.0 Å². The van der Waals surface area contributed by atoms with Crippen molar-refractivity contribution in [3.8, 4) is 5.82 Å². The maximum atomic E-state index is 14.1. The van der Waals surface area contributed by atoms with Crippen LogP contribution in [0, 0.1) is 6.92 Å². The van der Waals surface area contributed by atoms with Crippen LogP contribution in [0.25, 0.3) is 5.82 Å². The zero-order chi connectivity index (χ0) is 31.6. The van der Waals surface area contributed by atoms with Crippen molar-refractivity contribution in [3.05, 3.63) is 83.4 Å². The van der Waals surface area contributed by atoms with Crippen molar-refractivity contribution in [1.29, 1.82) is 0 Å². The van der Waals surface area contributed by atoms with Crippen molar-refractivity contribution >= 4 is 23.1 Å². The summed E-state index contributed by atoms with van der Waals surface area (Å²) in [6.45, 7) is 8.32. The third kappa shape index (κ3) is 7.55. The molecular weight excluding hydrogens is 583 g/mol. The Kier molecular flexibility index (Phi) is 8.92. The van der Waals surface area contributed by atoms with E-state index in [-0.39, 0.29) is 17.8 Å². The fraction of sp³-hybridized carbons (Fsp3) is 0.406. The maximum Gasteiger partial charge on any atom is 0.416 e. The van der Waals surface area contributed by atoms with Gasteiger partial charge in [0.25, 0.3) is 0 Å². The van der Waals surface area contributed by atoms with Crippen LogP contribution in [0.1, 0.15) is 48.2 Å². The number of hydrogen-bond donors (Lipinski definition) is 4. The van der Waals surface area contributed by atoms with E-state index in [1.165, 1.54) is 12.4 Å². The third-order valence-electron chi connectivity index (χ3n) is 8.32. The average molecular weight is 622 g/mol. The monoisotopic (exact) mass is 621 g/mol. The molecule has 10 nitrogen and oxygen atoms in total. The SMILES string of the molecule is CCN1CCN(Cc2ccc(NC(O)c3ccc(C)c(Nc4nccn4-c4cc(NC5CC5)ncn4)c3)cc2C(F)(F)F)CC1. The Morgan fingerprint density at radius 3 is 2.49 bits per heavy atom. The predicted molar refractivity (Wildman–Crippen MR) is 168 cm³/mol. The molecule has 2 aromatic heterocycles. The molecule has 1 atom stereocenters. The third-order valence-corrected chi connectivity index (χ3v) is 8.32. The van der Waals surface area contributed by atoms with E-state index in [9.17, 15) is 18.3 Å². The highest BCUT2D eigenvalue weighted by Gasteiger charge is 2.34. The van der Waals surface area contributed by atoms with E-state index in [1.807, 2.05) is 19.1 Å². The number of hydrogen-bond acceptors (Lipinski definition) is 9. The van der Waals surface area contributed by atoms with Crippen molar-refractivity contribution in [2.24, 2.45) is 0 Å². The Labute approximate surface area is 260 Å². The van der Waals surface area contributed by atoms with Gasteiger partial charge in [0.1, 0.15) is 18.0 Å². The molecule has 0 bridgehead atoms. The molecule has 0 radical (unpaired) electrons. The molecule has 2 aromatic carbocycles. The van der Waals surface area contributed by atoms with Crippen LogP contribution in [0.4, 0.5) is 36.3 Å². The highest BCUT2D eigenvalue weighted by molar-refractivity contribution is 5.62. The van der Waals surface area contributed by atoms with Gasteiger partial charge < -0.3 is 26.0 Å². The summed E-state index contributed by atoms with van der Waals surface area (Å²) in [5.41, 5.74) is 1.76. The van der Waals surface area contributed by atoms with E-state index in [1.54, 1.807) is 35.2 Å². The molecule has 4 N–H and O–H groups in total. The summed E-state index contributed by atoms with van der Waals surface area (Å²) in [6.07, 6.45) is 1.42. The number of aryl methyl sites for hydroxylation is 1. The summed E-state index contributed by atoms with van der Waals surface area (Å²) in [5.74, 6) is 1.89. The minimum Gasteiger partial charge on any atom is -0.369 e. The first kappa shape index (κ1) is 30.8. The number of piperazine rings is 1. The number of halogens is 3. The van der Waals surface area contributed by atoms with Crippen LogP contribution in [0.2, 0.25) is 0 Å². The molecule has 2 fully saturated rings. The van der Waals surface area contributed by atoms with E-state index in [2.05, 4.69) is 47.6 Å². The Bertz CT molecular complexity index is 1610. The van der Waals surface area contributed by atoms with Crippen LogP contribution < -0.4 is 16.0 Å². The van der Waals surface area contributed by atoms with Crippen molar-refractivity contribution in [1.82, 2.24) is 29.3 Å². The Morgan fingerprint density at radius 1 is 0.978 bits per heavy atom. The molecule has 1 aliphatic carbocycles. The van der Waals surface area contributed by atoms with Gasteiger partial charge >= 0.3 is 6.18 Å². The van der Waals surface area contributed by atoms with Gasteiger partial charge in [-0.1, -0.05) is 25.1 Å². The second-order valence-electron chi connectivity index (χ2n) is 11.6. The quantitative estimate of drug-likeness (QED) is 0.161. The van der Waals surface area contributed by atoms with Gasteiger partial charge in [0, 0.05) is 74.2 Å². The number of nitrogens with one attached hydrogen (secondary N) is 3. The van der Waals surface area contributed by atoms with Crippen LogP contribution in [0.15, 0.2) is 61.2 Å². The second kappa shape index (κ2) is 13.0. The lowest BCUT2D eigenvalue weighted by Crippen LogP contribution is -2.45. The highest BCUT2D eigenvalue weighted by atomic mass is 19.4. The maximum absolute atomic E-state index is 14.1. The summed E-state index contributed by atoms with van der Waals surface area (Å²) in [6, 6.07) is 11.8. The minimum atomic E-state index is -4.52. The minimum absolute atomic E-state index is 0.180. The molecule has 4 aromatic rings. The molecule has 0 amide bonds. The zero-order valence-electron chi connectivity index (χ0n) is 25.3. The first-order chi connectivity index (χ1) is 21.7. The Morgan fingerprint density at radius 2 is 1.76 bits per heavy atom. The van der Waals surface area contributed by atoms with Gasteiger partial charge in [0.2, 0.25) is 5.95 Å². The normalized spacial score (nSPS) is 16.8. The lowest BCUT2D eigenvalue weighted by Gasteiger charge is -2.34.